The molecule has 0 spiro atoms. The van der Waals surface area contributed by atoms with Crippen LogP contribution in [-0.4, -0.2) is 36.0 Å². The minimum Gasteiger partial charge on any atom is -0.341 e. The number of nitrogens with zero attached hydrogens (tertiary/aromatic N) is 1. The number of likely N-dealkylation sites (tertiary alicyclic amines) is 1. The number of terminal acetylenes is 1. The first-order chi connectivity index (χ1) is 7.15. The molecule has 0 aliphatic carbocycles. The second-order valence-electron chi connectivity index (χ2n) is 4.16. The molecule has 3 heteroatoms. The van der Waals surface area contributed by atoms with Crippen LogP contribution in [0.25, 0.3) is 0 Å². The van der Waals surface area contributed by atoms with Gasteiger partial charge < -0.3 is 4.90 Å². The van der Waals surface area contributed by atoms with Gasteiger partial charge in [0.15, 0.2) is 0 Å². The first-order valence-electron chi connectivity index (χ1n) is 5.66. The summed E-state index contributed by atoms with van der Waals surface area (Å²) in [5.41, 5.74) is 0. The Morgan fingerprint density at radius 1 is 1.33 bits per heavy atom. The van der Waals surface area contributed by atoms with Gasteiger partial charge in [-0.2, -0.15) is 0 Å². The average Bonchev–Trinajstić information content (AvgIpc) is 2.29. The second-order valence-corrected chi connectivity index (χ2v) is 4.16. The van der Waals surface area contributed by atoms with Gasteiger partial charge in [-0.05, 0) is 33.1 Å². The largest absolute Gasteiger partial charge is 0.341 e. The molecule has 1 rings (SSSR count). The highest BCUT2D eigenvalue weighted by atomic mass is 16.2. The standard InChI is InChI=1S/C12H20N2O/c1-4-10(2)13-11(3)12(15)14-8-6-5-7-9-14/h1,10-11,13H,5-9H2,2-3H3. The number of nitrogens with one attached hydrogen (secondary N) is 1. The summed E-state index contributed by atoms with van der Waals surface area (Å²) >= 11 is 0. The molecule has 0 saturated carbocycles. The van der Waals surface area contributed by atoms with Crippen molar-refractivity contribution in [2.24, 2.45) is 0 Å². The van der Waals surface area contributed by atoms with Crippen molar-refractivity contribution in [3.8, 4) is 12.3 Å². The Balaban J connectivity index is 2.41. The molecule has 84 valence electrons. The van der Waals surface area contributed by atoms with E-state index in [9.17, 15) is 4.79 Å². The van der Waals surface area contributed by atoms with Crippen LogP contribution in [0.3, 0.4) is 0 Å². The van der Waals surface area contributed by atoms with Gasteiger partial charge in [0.25, 0.3) is 0 Å². The number of rotatable bonds is 3. The minimum atomic E-state index is -0.172. The number of piperidine rings is 1. The summed E-state index contributed by atoms with van der Waals surface area (Å²) < 4.78 is 0. The summed E-state index contributed by atoms with van der Waals surface area (Å²) in [4.78, 5) is 13.9. The van der Waals surface area contributed by atoms with Gasteiger partial charge in [0.2, 0.25) is 5.91 Å². The van der Waals surface area contributed by atoms with Gasteiger partial charge in [-0.3, -0.25) is 10.1 Å². The van der Waals surface area contributed by atoms with Gasteiger partial charge >= 0.3 is 0 Å². The summed E-state index contributed by atoms with van der Waals surface area (Å²) in [5.74, 6) is 2.75. The molecule has 1 fully saturated rings. The predicted octanol–water partition coefficient (Wildman–Crippen LogP) is 0.999. The van der Waals surface area contributed by atoms with Crippen molar-refractivity contribution in [1.29, 1.82) is 0 Å². The monoisotopic (exact) mass is 208 g/mol. The van der Waals surface area contributed by atoms with Crippen molar-refractivity contribution in [3.63, 3.8) is 0 Å². The Morgan fingerprint density at radius 2 is 1.93 bits per heavy atom. The average molecular weight is 208 g/mol. The Bertz CT molecular complexity index is 251. The number of carbonyl (C=O) groups excluding carboxylic acids is 1. The molecule has 0 aromatic heterocycles. The highest BCUT2D eigenvalue weighted by Gasteiger charge is 2.22. The van der Waals surface area contributed by atoms with Crippen molar-refractivity contribution in [3.05, 3.63) is 0 Å². The molecule has 2 atom stereocenters. The summed E-state index contributed by atoms with van der Waals surface area (Å²) in [6.45, 7) is 5.56. The van der Waals surface area contributed by atoms with E-state index in [2.05, 4.69) is 11.2 Å². The lowest BCUT2D eigenvalue weighted by molar-refractivity contribution is -0.134. The van der Waals surface area contributed by atoms with Crippen LogP contribution in [0, 0.1) is 12.3 Å². The first-order valence-corrected chi connectivity index (χ1v) is 5.66. The van der Waals surface area contributed by atoms with Crippen LogP contribution >= 0.6 is 0 Å². The lowest BCUT2D eigenvalue weighted by Gasteiger charge is -2.30. The van der Waals surface area contributed by atoms with Crippen LogP contribution in [0.4, 0.5) is 0 Å². The highest BCUT2D eigenvalue weighted by Crippen LogP contribution is 2.09. The van der Waals surface area contributed by atoms with E-state index in [0.29, 0.717) is 0 Å². The van der Waals surface area contributed by atoms with Gasteiger partial charge in [0.1, 0.15) is 0 Å². The maximum Gasteiger partial charge on any atom is 0.239 e. The van der Waals surface area contributed by atoms with Gasteiger partial charge in [-0.25, -0.2) is 0 Å². The molecular formula is C12H20N2O. The van der Waals surface area contributed by atoms with E-state index in [1.165, 1.54) is 6.42 Å². The molecule has 1 N–H and O–H groups in total. The summed E-state index contributed by atoms with van der Waals surface area (Å²) in [7, 11) is 0. The number of hydrogen-bond acceptors (Lipinski definition) is 2. The van der Waals surface area contributed by atoms with Crippen LogP contribution in [0.1, 0.15) is 33.1 Å². The summed E-state index contributed by atoms with van der Waals surface area (Å²) in [5, 5.41) is 3.10. The molecular weight excluding hydrogens is 188 g/mol. The fourth-order valence-corrected chi connectivity index (χ4v) is 1.88. The van der Waals surface area contributed by atoms with Gasteiger partial charge in [0, 0.05) is 13.1 Å². The molecule has 1 aliphatic rings. The fraction of sp³-hybridized carbons (Fsp3) is 0.750. The lowest BCUT2D eigenvalue weighted by atomic mass is 10.1. The van der Waals surface area contributed by atoms with Crippen molar-refractivity contribution >= 4 is 5.91 Å². The Labute approximate surface area is 92.2 Å². The van der Waals surface area contributed by atoms with Crippen LogP contribution in [0.15, 0.2) is 0 Å². The van der Waals surface area contributed by atoms with Crippen LogP contribution in [0.2, 0.25) is 0 Å². The lowest BCUT2D eigenvalue weighted by Crippen LogP contribution is -2.48. The van der Waals surface area contributed by atoms with E-state index >= 15 is 0 Å². The second kappa shape index (κ2) is 5.77. The molecule has 0 aromatic rings. The molecule has 1 amide bonds. The number of carbonyl (C=O) groups is 1. The van der Waals surface area contributed by atoms with E-state index in [1.807, 2.05) is 18.7 Å². The number of hydrogen-bond donors (Lipinski definition) is 1. The zero-order valence-electron chi connectivity index (χ0n) is 9.62. The van der Waals surface area contributed by atoms with Crippen LogP contribution in [0.5, 0.6) is 0 Å². The third-order valence-corrected chi connectivity index (χ3v) is 2.79. The molecule has 0 aromatic carbocycles. The van der Waals surface area contributed by atoms with Crippen molar-refractivity contribution in [2.75, 3.05) is 13.1 Å². The van der Waals surface area contributed by atoms with E-state index in [0.717, 1.165) is 25.9 Å². The molecule has 1 saturated heterocycles. The summed E-state index contributed by atoms with van der Waals surface area (Å²) in [6.07, 6.45) is 8.76. The fourth-order valence-electron chi connectivity index (χ4n) is 1.88. The Kier molecular flexibility index (Phi) is 4.64. The predicted molar refractivity (Wildman–Crippen MR) is 61.3 cm³/mol. The molecule has 1 heterocycles. The van der Waals surface area contributed by atoms with Gasteiger partial charge in [-0.1, -0.05) is 5.92 Å². The molecule has 15 heavy (non-hydrogen) atoms. The topological polar surface area (TPSA) is 32.3 Å². The highest BCUT2D eigenvalue weighted by molar-refractivity contribution is 5.81. The van der Waals surface area contributed by atoms with E-state index in [-0.39, 0.29) is 18.0 Å². The maximum absolute atomic E-state index is 11.9. The normalized spacial score (nSPS) is 20.5. The van der Waals surface area contributed by atoms with Crippen LogP contribution < -0.4 is 5.32 Å². The van der Waals surface area contributed by atoms with E-state index in [1.54, 1.807) is 0 Å². The molecule has 2 unspecified atom stereocenters. The summed E-state index contributed by atoms with van der Waals surface area (Å²) in [6, 6.07) is -0.220. The minimum absolute atomic E-state index is 0.0475. The van der Waals surface area contributed by atoms with Crippen molar-refractivity contribution in [1.82, 2.24) is 10.2 Å². The third kappa shape index (κ3) is 3.56. The van der Waals surface area contributed by atoms with Crippen molar-refractivity contribution in [2.45, 2.75) is 45.2 Å². The SMILES string of the molecule is C#CC(C)NC(C)C(=O)N1CCCCC1. The zero-order chi connectivity index (χ0) is 11.3. The van der Waals surface area contributed by atoms with Crippen molar-refractivity contribution < 1.29 is 4.79 Å². The Morgan fingerprint density at radius 3 is 2.47 bits per heavy atom. The van der Waals surface area contributed by atoms with Gasteiger partial charge in [-0.15, -0.1) is 6.42 Å². The zero-order valence-corrected chi connectivity index (χ0v) is 9.62. The molecule has 0 radical (unpaired) electrons. The van der Waals surface area contributed by atoms with Crippen LogP contribution in [-0.2, 0) is 4.79 Å². The first kappa shape index (κ1) is 12.1. The van der Waals surface area contributed by atoms with Gasteiger partial charge in [0.05, 0.1) is 12.1 Å². The quantitative estimate of drug-likeness (QED) is 0.702. The molecule has 3 nitrogen and oxygen atoms in total. The van der Waals surface area contributed by atoms with E-state index in [4.69, 9.17) is 6.42 Å². The van der Waals surface area contributed by atoms with E-state index < -0.39 is 0 Å². The molecule has 1 aliphatic heterocycles. The number of amides is 1. The Hall–Kier alpha value is -1.01. The maximum atomic E-state index is 11.9. The molecule has 0 bridgehead atoms. The third-order valence-electron chi connectivity index (χ3n) is 2.79. The smallest absolute Gasteiger partial charge is 0.239 e.